The van der Waals surface area contributed by atoms with Gasteiger partial charge in [0, 0.05) is 16.7 Å². The number of aromatic nitrogens is 3. The van der Waals surface area contributed by atoms with E-state index in [-0.39, 0.29) is 0 Å². The quantitative estimate of drug-likeness (QED) is 0.189. The molecule has 0 unspecified atom stereocenters. The third kappa shape index (κ3) is 4.41. The molecule has 0 N–H and O–H groups in total. The van der Waals surface area contributed by atoms with E-state index in [0.717, 1.165) is 38.8 Å². The molecule has 0 aliphatic heterocycles. The highest BCUT2D eigenvalue weighted by molar-refractivity contribution is 6.28. The molecule has 8 aromatic carbocycles. The van der Waals surface area contributed by atoms with Crippen molar-refractivity contribution in [3.8, 4) is 56.4 Å². The zero-order valence-corrected chi connectivity index (χ0v) is 24.9. The molecule has 0 fully saturated rings. The van der Waals surface area contributed by atoms with E-state index >= 15 is 0 Å². The van der Waals surface area contributed by atoms with Crippen LogP contribution in [0.1, 0.15) is 0 Å². The van der Waals surface area contributed by atoms with E-state index < -0.39 is 0 Å². The van der Waals surface area contributed by atoms with Gasteiger partial charge in [0.15, 0.2) is 17.5 Å². The first kappa shape index (κ1) is 26.2. The van der Waals surface area contributed by atoms with Crippen molar-refractivity contribution in [1.82, 2.24) is 15.0 Å². The summed E-state index contributed by atoms with van der Waals surface area (Å²) in [6.07, 6.45) is 0. The minimum absolute atomic E-state index is 0.649. The number of hydrogen-bond donors (Lipinski definition) is 0. The number of nitrogens with zero attached hydrogens (tertiary/aromatic N) is 3. The third-order valence-electron chi connectivity index (χ3n) is 8.89. The lowest BCUT2D eigenvalue weighted by Crippen LogP contribution is -2.01. The first-order valence-corrected chi connectivity index (χ1v) is 15.5. The van der Waals surface area contributed by atoms with Gasteiger partial charge >= 0.3 is 0 Å². The Morgan fingerprint density at radius 2 is 0.739 bits per heavy atom. The molecule has 0 aliphatic carbocycles. The van der Waals surface area contributed by atoms with Gasteiger partial charge in [-0.05, 0) is 60.6 Å². The van der Waals surface area contributed by atoms with Gasteiger partial charge in [0.05, 0.1) is 0 Å². The van der Waals surface area contributed by atoms with Crippen LogP contribution in [-0.4, -0.2) is 15.0 Å². The molecule has 1 aromatic heterocycles. The van der Waals surface area contributed by atoms with E-state index in [1.165, 1.54) is 32.5 Å². The summed E-state index contributed by atoms with van der Waals surface area (Å²) >= 11 is 0. The summed E-state index contributed by atoms with van der Waals surface area (Å²) in [5, 5.41) is 7.32. The van der Waals surface area contributed by atoms with Crippen LogP contribution in [0.3, 0.4) is 0 Å². The fourth-order valence-electron chi connectivity index (χ4n) is 6.66. The van der Waals surface area contributed by atoms with Gasteiger partial charge in [-0.15, -0.1) is 0 Å². The lowest BCUT2D eigenvalue weighted by molar-refractivity contribution is 1.08. The minimum Gasteiger partial charge on any atom is -0.208 e. The highest BCUT2D eigenvalue weighted by Gasteiger charge is 2.20. The number of benzene rings is 8. The molecule has 0 bridgehead atoms. The molecular weight excluding hydrogens is 558 g/mol. The Morgan fingerprint density at radius 1 is 0.283 bits per heavy atom. The lowest BCUT2D eigenvalue weighted by atomic mass is 9.87. The molecule has 0 saturated heterocycles. The molecule has 0 saturated carbocycles. The van der Waals surface area contributed by atoms with Gasteiger partial charge in [-0.1, -0.05) is 158 Å². The largest absolute Gasteiger partial charge is 0.208 e. The van der Waals surface area contributed by atoms with Crippen LogP contribution in [0, 0.1) is 0 Å². The Bertz CT molecular complexity index is 2470. The van der Waals surface area contributed by atoms with Crippen molar-refractivity contribution in [3.63, 3.8) is 0 Å². The molecule has 0 spiro atoms. The van der Waals surface area contributed by atoms with Crippen molar-refractivity contribution in [1.29, 1.82) is 0 Å². The Balaban J connectivity index is 1.32. The van der Waals surface area contributed by atoms with Crippen molar-refractivity contribution in [2.24, 2.45) is 0 Å². The first-order chi connectivity index (χ1) is 22.8. The fraction of sp³-hybridized carbons (Fsp3) is 0. The summed E-state index contributed by atoms with van der Waals surface area (Å²) in [4.78, 5) is 15.4. The third-order valence-corrected chi connectivity index (χ3v) is 8.89. The van der Waals surface area contributed by atoms with Crippen LogP contribution in [0.25, 0.3) is 88.7 Å². The molecule has 1 heterocycles. The van der Waals surface area contributed by atoms with Crippen molar-refractivity contribution in [3.05, 3.63) is 164 Å². The smallest absolute Gasteiger partial charge is 0.164 e. The minimum atomic E-state index is 0.649. The molecule has 214 valence electrons. The topological polar surface area (TPSA) is 38.7 Å². The molecule has 46 heavy (non-hydrogen) atoms. The highest BCUT2D eigenvalue weighted by Crippen LogP contribution is 2.43. The maximum atomic E-state index is 5.20. The standard InChI is InChI=1S/C43H27N3/c1-4-11-28(12-5-1)29-19-21-34(22-20-29)42-44-41(33-15-8-3-9-16-33)45-43(46-42)38-27-37(30-13-6-2-7-14-30)35-25-23-31-17-10-18-32-24-26-36(38)40(35)39(31)32/h1-27H. The van der Waals surface area contributed by atoms with Crippen LogP contribution in [0.15, 0.2) is 164 Å². The molecule has 9 aromatic rings. The van der Waals surface area contributed by atoms with Gasteiger partial charge in [-0.25, -0.2) is 15.0 Å². The molecule has 0 aliphatic rings. The number of rotatable bonds is 5. The van der Waals surface area contributed by atoms with Crippen LogP contribution >= 0.6 is 0 Å². The van der Waals surface area contributed by atoms with Crippen molar-refractivity contribution in [2.75, 3.05) is 0 Å². The summed E-state index contributed by atoms with van der Waals surface area (Å²) in [6, 6.07) is 57.5. The van der Waals surface area contributed by atoms with E-state index in [9.17, 15) is 0 Å². The molecule has 9 rings (SSSR count). The van der Waals surface area contributed by atoms with E-state index in [1.54, 1.807) is 0 Å². The second kappa shape index (κ2) is 10.8. The average Bonchev–Trinajstić information content (AvgIpc) is 3.14. The summed E-state index contributed by atoms with van der Waals surface area (Å²) in [7, 11) is 0. The van der Waals surface area contributed by atoms with Crippen LogP contribution in [-0.2, 0) is 0 Å². The molecule has 3 nitrogen and oxygen atoms in total. The lowest BCUT2D eigenvalue weighted by Gasteiger charge is -2.18. The second-order valence-electron chi connectivity index (χ2n) is 11.6. The molecule has 0 amide bonds. The Morgan fingerprint density at radius 3 is 1.35 bits per heavy atom. The first-order valence-electron chi connectivity index (χ1n) is 15.5. The van der Waals surface area contributed by atoms with Crippen molar-refractivity contribution >= 4 is 32.3 Å². The van der Waals surface area contributed by atoms with Gasteiger partial charge in [-0.2, -0.15) is 0 Å². The second-order valence-corrected chi connectivity index (χ2v) is 11.6. The summed E-state index contributed by atoms with van der Waals surface area (Å²) in [6.45, 7) is 0. The fourth-order valence-corrected chi connectivity index (χ4v) is 6.66. The predicted octanol–water partition coefficient (Wildman–Crippen LogP) is 11.1. The molecule has 3 heteroatoms. The van der Waals surface area contributed by atoms with Crippen LogP contribution < -0.4 is 0 Å². The predicted molar refractivity (Wildman–Crippen MR) is 191 cm³/mol. The maximum absolute atomic E-state index is 5.20. The van der Waals surface area contributed by atoms with Gasteiger partial charge in [-0.3, -0.25) is 0 Å². The summed E-state index contributed by atoms with van der Waals surface area (Å²) in [5.41, 5.74) is 7.55. The zero-order chi connectivity index (χ0) is 30.5. The Hall–Kier alpha value is -6.19. The molecule has 0 radical (unpaired) electrons. The van der Waals surface area contributed by atoms with Crippen LogP contribution in [0.5, 0.6) is 0 Å². The average molecular weight is 586 g/mol. The summed E-state index contributed by atoms with van der Waals surface area (Å²) < 4.78 is 0. The SMILES string of the molecule is c1ccc(-c2ccc(-c3nc(-c4ccccc4)nc(-c4cc(-c5ccccc5)c5ccc6cccc7ccc4c5c67)n3)cc2)cc1. The van der Waals surface area contributed by atoms with Gasteiger partial charge in [0.1, 0.15) is 0 Å². The number of hydrogen-bond acceptors (Lipinski definition) is 3. The van der Waals surface area contributed by atoms with E-state index in [4.69, 9.17) is 15.0 Å². The monoisotopic (exact) mass is 585 g/mol. The Labute approximate surface area is 266 Å². The van der Waals surface area contributed by atoms with E-state index in [1.807, 2.05) is 24.3 Å². The van der Waals surface area contributed by atoms with Gasteiger partial charge in [0.25, 0.3) is 0 Å². The normalized spacial score (nSPS) is 11.5. The van der Waals surface area contributed by atoms with Crippen LogP contribution in [0.4, 0.5) is 0 Å². The summed E-state index contributed by atoms with van der Waals surface area (Å²) in [5.74, 6) is 1.96. The zero-order valence-electron chi connectivity index (χ0n) is 24.9. The molecular formula is C43H27N3. The highest BCUT2D eigenvalue weighted by atomic mass is 15.0. The van der Waals surface area contributed by atoms with Crippen molar-refractivity contribution in [2.45, 2.75) is 0 Å². The van der Waals surface area contributed by atoms with Gasteiger partial charge < -0.3 is 0 Å². The maximum Gasteiger partial charge on any atom is 0.164 e. The van der Waals surface area contributed by atoms with E-state index in [0.29, 0.717) is 17.5 Å². The van der Waals surface area contributed by atoms with Gasteiger partial charge in [0.2, 0.25) is 0 Å². The van der Waals surface area contributed by atoms with Crippen LogP contribution in [0.2, 0.25) is 0 Å². The van der Waals surface area contributed by atoms with Crippen molar-refractivity contribution < 1.29 is 0 Å². The van der Waals surface area contributed by atoms with E-state index in [2.05, 4.69) is 140 Å². The Kier molecular flexibility index (Phi) is 6.14. The molecule has 0 atom stereocenters.